The maximum absolute atomic E-state index is 12.5. The summed E-state index contributed by atoms with van der Waals surface area (Å²) in [5.74, 6) is 2.36. The number of carbonyl (C=O) groups excluding carboxylic acids is 2. The Morgan fingerprint density at radius 2 is 2.00 bits per heavy atom. The highest BCUT2D eigenvalue weighted by Gasteiger charge is 2.32. The summed E-state index contributed by atoms with van der Waals surface area (Å²) in [6.45, 7) is 3.23. The van der Waals surface area contributed by atoms with E-state index in [-0.39, 0.29) is 11.8 Å². The Morgan fingerprint density at radius 1 is 1.23 bits per heavy atom. The summed E-state index contributed by atoms with van der Waals surface area (Å²) in [6, 6.07) is 9.72. The fourth-order valence-corrected chi connectivity index (χ4v) is 3.54. The molecule has 4 rings (SSSR count). The highest BCUT2D eigenvalue weighted by molar-refractivity contribution is 5.90. The molecule has 0 unspecified atom stereocenters. The van der Waals surface area contributed by atoms with Crippen molar-refractivity contribution in [2.45, 2.75) is 45.6 Å². The van der Waals surface area contributed by atoms with Crippen LogP contribution in [0.2, 0.25) is 0 Å². The number of furan rings is 1. The summed E-state index contributed by atoms with van der Waals surface area (Å²) in [5, 5.41) is 2.85. The molecule has 1 aromatic heterocycles. The molecule has 5 nitrogen and oxygen atoms in total. The third-order valence-electron chi connectivity index (χ3n) is 5.41. The number of amides is 2. The lowest BCUT2D eigenvalue weighted by Crippen LogP contribution is -2.41. The smallest absolute Gasteiger partial charge is 0.225 e. The zero-order chi connectivity index (χ0) is 18.1. The van der Waals surface area contributed by atoms with Gasteiger partial charge in [-0.15, -0.1) is 0 Å². The van der Waals surface area contributed by atoms with E-state index in [0.717, 1.165) is 54.1 Å². The van der Waals surface area contributed by atoms with Crippen molar-refractivity contribution in [3.05, 3.63) is 41.7 Å². The van der Waals surface area contributed by atoms with Gasteiger partial charge in [-0.2, -0.15) is 0 Å². The van der Waals surface area contributed by atoms with E-state index in [4.69, 9.17) is 4.42 Å². The van der Waals surface area contributed by atoms with Gasteiger partial charge < -0.3 is 14.6 Å². The van der Waals surface area contributed by atoms with Gasteiger partial charge in [0, 0.05) is 48.7 Å². The van der Waals surface area contributed by atoms with Gasteiger partial charge >= 0.3 is 0 Å². The molecule has 2 amide bonds. The number of hydrogen-bond donors (Lipinski definition) is 1. The van der Waals surface area contributed by atoms with Crippen LogP contribution in [0, 0.1) is 5.92 Å². The molecule has 1 saturated carbocycles. The van der Waals surface area contributed by atoms with Crippen LogP contribution in [0.15, 0.2) is 34.7 Å². The predicted molar refractivity (Wildman–Crippen MR) is 99.5 cm³/mol. The summed E-state index contributed by atoms with van der Waals surface area (Å²) >= 11 is 0. The molecule has 1 aliphatic carbocycles. The van der Waals surface area contributed by atoms with Crippen LogP contribution in [-0.4, -0.2) is 23.3 Å². The van der Waals surface area contributed by atoms with Crippen LogP contribution in [0.25, 0.3) is 11.3 Å². The highest BCUT2D eigenvalue weighted by Crippen LogP contribution is 2.33. The minimum atomic E-state index is 0.00225. The second kappa shape index (κ2) is 6.98. The van der Waals surface area contributed by atoms with Gasteiger partial charge in [-0.25, -0.2) is 0 Å². The number of nitrogens with one attached hydrogen (secondary N) is 1. The molecular weight excluding hydrogens is 328 g/mol. The van der Waals surface area contributed by atoms with E-state index in [1.54, 1.807) is 0 Å². The first kappa shape index (κ1) is 16.9. The summed E-state index contributed by atoms with van der Waals surface area (Å²) in [7, 11) is 0. The largest absolute Gasteiger partial charge is 0.461 e. The Kier molecular flexibility index (Phi) is 4.53. The van der Waals surface area contributed by atoms with Crippen molar-refractivity contribution in [3.8, 4) is 11.3 Å². The van der Waals surface area contributed by atoms with Gasteiger partial charge in [0.05, 0.1) is 0 Å². The molecule has 5 heteroatoms. The molecule has 136 valence electrons. The Morgan fingerprint density at radius 3 is 2.65 bits per heavy atom. The summed E-state index contributed by atoms with van der Waals surface area (Å²) < 4.78 is 6.04. The Bertz CT molecular complexity index is 818. The molecule has 0 spiro atoms. The molecule has 0 saturated heterocycles. The van der Waals surface area contributed by atoms with Crippen LogP contribution in [-0.2, 0) is 22.6 Å². The third kappa shape index (κ3) is 3.26. The summed E-state index contributed by atoms with van der Waals surface area (Å²) in [5.41, 5.74) is 2.88. The zero-order valence-corrected chi connectivity index (χ0v) is 15.1. The minimum Gasteiger partial charge on any atom is -0.461 e. The molecule has 1 aromatic carbocycles. The second-order valence-corrected chi connectivity index (χ2v) is 7.18. The van der Waals surface area contributed by atoms with Gasteiger partial charge in [0.15, 0.2) is 0 Å². The average Bonchev–Trinajstić information content (AvgIpc) is 3.03. The second-order valence-electron chi connectivity index (χ2n) is 7.18. The zero-order valence-electron chi connectivity index (χ0n) is 15.1. The molecule has 1 fully saturated rings. The number of nitrogens with zero attached hydrogens (tertiary/aromatic N) is 1. The van der Waals surface area contributed by atoms with Gasteiger partial charge in [0.2, 0.25) is 11.8 Å². The van der Waals surface area contributed by atoms with Crippen molar-refractivity contribution in [2.75, 3.05) is 11.9 Å². The van der Waals surface area contributed by atoms with Gasteiger partial charge in [0.1, 0.15) is 11.5 Å². The number of rotatable bonds is 4. The quantitative estimate of drug-likeness (QED) is 0.905. The van der Waals surface area contributed by atoms with Crippen LogP contribution >= 0.6 is 0 Å². The van der Waals surface area contributed by atoms with Crippen molar-refractivity contribution in [3.63, 3.8) is 0 Å². The lowest BCUT2D eigenvalue weighted by atomic mass is 9.84. The predicted octanol–water partition coefficient (Wildman–Crippen LogP) is 3.98. The number of anilines is 1. The molecule has 2 aliphatic rings. The first-order chi connectivity index (χ1) is 12.6. The number of carbonyl (C=O) groups is 2. The minimum absolute atomic E-state index is 0.00225. The molecule has 1 aliphatic heterocycles. The highest BCUT2D eigenvalue weighted by atomic mass is 16.3. The lowest BCUT2D eigenvalue weighted by Gasteiger charge is -2.33. The molecular formula is C21H24N2O3. The fourth-order valence-electron chi connectivity index (χ4n) is 3.54. The Balaban J connectivity index is 1.47. The van der Waals surface area contributed by atoms with E-state index < -0.39 is 0 Å². The molecule has 1 N–H and O–H groups in total. The standard InChI is InChI=1S/C21H24N2O3/c1-2-20(24)22-17-8-6-14(7-9-17)19-12-16-13-23(11-10-18(16)26-19)21(25)15-4-3-5-15/h6-9,12,15H,2-5,10-11,13H2,1H3,(H,22,24). The Labute approximate surface area is 153 Å². The summed E-state index contributed by atoms with van der Waals surface area (Å²) in [6.07, 6.45) is 4.50. The van der Waals surface area contributed by atoms with Crippen molar-refractivity contribution in [2.24, 2.45) is 5.92 Å². The van der Waals surface area contributed by atoms with E-state index in [9.17, 15) is 9.59 Å². The maximum atomic E-state index is 12.5. The maximum Gasteiger partial charge on any atom is 0.225 e. The van der Waals surface area contributed by atoms with E-state index in [1.807, 2.05) is 36.1 Å². The molecule has 2 heterocycles. The first-order valence-electron chi connectivity index (χ1n) is 9.44. The summed E-state index contributed by atoms with van der Waals surface area (Å²) in [4.78, 5) is 25.9. The van der Waals surface area contributed by atoms with Crippen LogP contribution in [0.4, 0.5) is 5.69 Å². The van der Waals surface area contributed by atoms with E-state index >= 15 is 0 Å². The van der Waals surface area contributed by atoms with Crippen LogP contribution in [0.1, 0.15) is 43.9 Å². The fraction of sp³-hybridized carbons (Fsp3) is 0.429. The lowest BCUT2D eigenvalue weighted by molar-refractivity contribution is -0.139. The van der Waals surface area contributed by atoms with Gasteiger partial charge in [-0.05, 0) is 43.2 Å². The topological polar surface area (TPSA) is 62.6 Å². The van der Waals surface area contributed by atoms with Crippen LogP contribution in [0.5, 0.6) is 0 Å². The van der Waals surface area contributed by atoms with E-state index in [1.165, 1.54) is 6.42 Å². The van der Waals surface area contributed by atoms with E-state index in [2.05, 4.69) is 11.4 Å². The SMILES string of the molecule is CCC(=O)Nc1ccc(-c2cc3c(o2)CCN(C(=O)C2CCC2)C3)cc1. The van der Waals surface area contributed by atoms with Crippen molar-refractivity contribution in [1.82, 2.24) is 4.90 Å². The first-order valence-corrected chi connectivity index (χ1v) is 9.44. The monoisotopic (exact) mass is 352 g/mol. The average molecular weight is 352 g/mol. The van der Waals surface area contributed by atoms with Crippen LogP contribution in [0.3, 0.4) is 0 Å². The third-order valence-corrected chi connectivity index (χ3v) is 5.41. The van der Waals surface area contributed by atoms with Crippen LogP contribution < -0.4 is 5.32 Å². The van der Waals surface area contributed by atoms with Crippen molar-refractivity contribution >= 4 is 17.5 Å². The van der Waals surface area contributed by atoms with Crippen molar-refractivity contribution < 1.29 is 14.0 Å². The molecule has 0 radical (unpaired) electrons. The number of hydrogen-bond acceptors (Lipinski definition) is 3. The van der Waals surface area contributed by atoms with E-state index in [0.29, 0.717) is 18.9 Å². The van der Waals surface area contributed by atoms with Gasteiger partial charge in [-0.3, -0.25) is 9.59 Å². The van der Waals surface area contributed by atoms with Gasteiger partial charge in [0.25, 0.3) is 0 Å². The Hall–Kier alpha value is -2.56. The normalized spacial score (nSPS) is 16.7. The molecule has 0 atom stereocenters. The molecule has 0 bridgehead atoms. The number of benzene rings is 1. The molecule has 2 aromatic rings. The van der Waals surface area contributed by atoms with Gasteiger partial charge in [-0.1, -0.05) is 13.3 Å². The number of fused-ring (bicyclic) bond motifs is 1. The van der Waals surface area contributed by atoms with Crippen molar-refractivity contribution in [1.29, 1.82) is 0 Å². The molecule has 26 heavy (non-hydrogen) atoms.